The summed E-state index contributed by atoms with van der Waals surface area (Å²) in [4.78, 5) is 14.2. The predicted octanol–water partition coefficient (Wildman–Crippen LogP) is 0.912. The lowest BCUT2D eigenvalue weighted by molar-refractivity contribution is 0.227. The molecule has 0 aromatic carbocycles. The molecule has 0 aromatic rings. The van der Waals surface area contributed by atoms with Gasteiger partial charge in [-0.25, -0.2) is 4.79 Å². The van der Waals surface area contributed by atoms with E-state index < -0.39 is 0 Å². The number of urea groups is 1. The SMILES string of the molecule is CNC1CCC(NC(=O)NCCN2CCCC2)CC1. The number of rotatable bonds is 5. The van der Waals surface area contributed by atoms with Gasteiger partial charge in [0.05, 0.1) is 0 Å². The van der Waals surface area contributed by atoms with Crippen LogP contribution in [0, 0.1) is 0 Å². The molecule has 1 saturated heterocycles. The van der Waals surface area contributed by atoms with Gasteiger partial charge in [0.25, 0.3) is 0 Å². The van der Waals surface area contributed by atoms with Crippen molar-refractivity contribution in [1.82, 2.24) is 20.9 Å². The van der Waals surface area contributed by atoms with Gasteiger partial charge in [-0.3, -0.25) is 0 Å². The van der Waals surface area contributed by atoms with Crippen LogP contribution in [0.1, 0.15) is 38.5 Å². The molecule has 5 heteroatoms. The molecule has 1 aliphatic carbocycles. The van der Waals surface area contributed by atoms with Crippen LogP contribution in [0.25, 0.3) is 0 Å². The number of carbonyl (C=O) groups excluding carboxylic acids is 1. The van der Waals surface area contributed by atoms with Crippen LogP contribution in [0.3, 0.4) is 0 Å². The van der Waals surface area contributed by atoms with Gasteiger partial charge in [-0.2, -0.15) is 0 Å². The molecule has 1 aliphatic heterocycles. The average molecular weight is 268 g/mol. The molecule has 1 saturated carbocycles. The Morgan fingerprint density at radius 3 is 2.37 bits per heavy atom. The van der Waals surface area contributed by atoms with Crippen LogP contribution in [-0.4, -0.2) is 56.2 Å². The summed E-state index contributed by atoms with van der Waals surface area (Å²) in [5.74, 6) is 0. The molecule has 2 rings (SSSR count). The smallest absolute Gasteiger partial charge is 0.315 e. The van der Waals surface area contributed by atoms with E-state index in [0.717, 1.165) is 38.8 Å². The van der Waals surface area contributed by atoms with Crippen LogP contribution < -0.4 is 16.0 Å². The quantitative estimate of drug-likeness (QED) is 0.695. The largest absolute Gasteiger partial charge is 0.337 e. The third kappa shape index (κ3) is 4.99. The second-order valence-electron chi connectivity index (χ2n) is 5.79. The fourth-order valence-corrected chi connectivity index (χ4v) is 3.10. The van der Waals surface area contributed by atoms with Crippen molar-refractivity contribution in [1.29, 1.82) is 0 Å². The minimum Gasteiger partial charge on any atom is -0.337 e. The Labute approximate surface area is 116 Å². The van der Waals surface area contributed by atoms with Gasteiger partial charge in [-0.15, -0.1) is 0 Å². The highest BCUT2D eigenvalue weighted by Gasteiger charge is 2.21. The van der Waals surface area contributed by atoms with E-state index in [0.29, 0.717) is 12.1 Å². The third-order valence-electron chi connectivity index (χ3n) is 4.38. The molecule has 3 N–H and O–H groups in total. The zero-order valence-corrected chi connectivity index (χ0v) is 12.1. The highest BCUT2D eigenvalue weighted by atomic mass is 16.2. The summed E-state index contributed by atoms with van der Waals surface area (Å²) in [6.07, 6.45) is 7.11. The first-order valence-corrected chi connectivity index (χ1v) is 7.72. The average Bonchev–Trinajstić information content (AvgIpc) is 2.93. The van der Waals surface area contributed by atoms with Gasteiger partial charge in [-0.05, 0) is 58.7 Å². The van der Waals surface area contributed by atoms with Crippen molar-refractivity contribution in [2.45, 2.75) is 50.6 Å². The lowest BCUT2D eigenvalue weighted by atomic mass is 9.91. The van der Waals surface area contributed by atoms with Crippen molar-refractivity contribution < 1.29 is 4.79 Å². The molecule has 0 bridgehead atoms. The number of nitrogens with zero attached hydrogens (tertiary/aromatic N) is 1. The number of hydrogen-bond donors (Lipinski definition) is 3. The maximum Gasteiger partial charge on any atom is 0.315 e. The first kappa shape index (κ1) is 14.6. The van der Waals surface area contributed by atoms with Crippen LogP contribution in [0.2, 0.25) is 0 Å². The number of carbonyl (C=O) groups is 1. The molecule has 1 heterocycles. The third-order valence-corrected chi connectivity index (χ3v) is 4.38. The maximum absolute atomic E-state index is 11.8. The van der Waals surface area contributed by atoms with Crippen LogP contribution >= 0.6 is 0 Å². The van der Waals surface area contributed by atoms with E-state index in [1.807, 2.05) is 7.05 Å². The Kier molecular flexibility index (Phi) is 5.92. The first-order valence-electron chi connectivity index (χ1n) is 7.72. The summed E-state index contributed by atoms with van der Waals surface area (Å²) in [5, 5.41) is 9.38. The van der Waals surface area contributed by atoms with E-state index in [2.05, 4.69) is 20.9 Å². The lowest BCUT2D eigenvalue weighted by Gasteiger charge is -2.28. The van der Waals surface area contributed by atoms with Gasteiger partial charge < -0.3 is 20.9 Å². The molecular formula is C14H28N4O. The second-order valence-corrected chi connectivity index (χ2v) is 5.79. The Morgan fingerprint density at radius 2 is 1.74 bits per heavy atom. The molecule has 0 atom stereocenters. The van der Waals surface area contributed by atoms with Crippen LogP contribution in [0.4, 0.5) is 4.79 Å². The molecule has 2 fully saturated rings. The molecular weight excluding hydrogens is 240 g/mol. The fourth-order valence-electron chi connectivity index (χ4n) is 3.10. The van der Waals surface area contributed by atoms with Crippen molar-refractivity contribution in [2.75, 3.05) is 33.2 Å². The normalized spacial score (nSPS) is 28.3. The maximum atomic E-state index is 11.8. The molecule has 19 heavy (non-hydrogen) atoms. The van der Waals surface area contributed by atoms with E-state index in [9.17, 15) is 4.79 Å². The van der Waals surface area contributed by atoms with E-state index in [1.54, 1.807) is 0 Å². The summed E-state index contributed by atoms with van der Waals surface area (Å²) >= 11 is 0. The molecule has 0 radical (unpaired) electrons. The number of amides is 2. The zero-order valence-electron chi connectivity index (χ0n) is 12.1. The van der Waals surface area contributed by atoms with E-state index in [1.165, 1.54) is 25.9 Å². The van der Waals surface area contributed by atoms with Crippen molar-refractivity contribution in [3.05, 3.63) is 0 Å². The molecule has 0 unspecified atom stereocenters. The fraction of sp³-hybridized carbons (Fsp3) is 0.929. The standard InChI is InChI=1S/C14H28N4O/c1-15-12-4-6-13(7-5-12)17-14(19)16-8-11-18-9-2-3-10-18/h12-13,15H,2-11H2,1H3,(H2,16,17,19). The van der Waals surface area contributed by atoms with Gasteiger partial charge in [-0.1, -0.05) is 0 Å². The first-order chi connectivity index (χ1) is 9.28. The zero-order chi connectivity index (χ0) is 13.5. The Bertz CT molecular complexity index is 271. The van der Waals surface area contributed by atoms with Gasteiger partial charge >= 0.3 is 6.03 Å². The highest BCUT2D eigenvalue weighted by molar-refractivity contribution is 5.74. The molecule has 0 aromatic heterocycles. The predicted molar refractivity (Wildman–Crippen MR) is 77.3 cm³/mol. The van der Waals surface area contributed by atoms with Gasteiger partial charge in [0.2, 0.25) is 0 Å². The topological polar surface area (TPSA) is 56.4 Å². The number of likely N-dealkylation sites (tertiary alicyclic amines) is 1. The molecule has 110 valence electrons. The monoisotopic (exact) mass is 268 g/mol. The Hall–Kier alpha value is -0.810. The highest BCUT2D eigenvalue weighted by Crippen LogP contribution is 2.18. The number of nitrogens with one attached hydrogen (secondary N) is 3. The molecule has 0 spiro atoms. The van der Waals surface area contributed by atoms with Crippen molar-refractivity contribution in [3.8, 4) is 0 Å². The molecule has 5 nitrogen and oxygen atoms in total. The van der Waals surface area contributed by atoms with Crippen LogP contribution in [0.15, 0.2) is 0 Å². The Balaban J connectivity index is 1.54. The molecule has 2 amide bonds. The lowest BCUT2D eigenvalue weighted by Crippen LogP contribution is -2.46. The van der Waals surface area contributed by atoms with E-state index >= 15 is 0 Å². The minimum absolute atomic E-state index is 0.00658. The summed E-state index contributed by atoms with van der Waals surface area (Å²) in [6.45, 7) is 4.13. The number of hydrogen-bond acceptors (Lipinski definition) is 3. The van der Waals surface area contributed by atoms with Crippen molar-refractivity contribution in [2.24, 2.45) is 0 Å². The Morgan fingerprint density at radius 1 is 1.11 bits per heavy atom. The second kappa shape index (κ2) is 7.70. The van der Waals surface area contributed by atoms with Gasteiger partial charge in [0.15, 0.2) is 0 Å². The van der Waals surface area contributed by atoms with Crippen LogP contribution in [-0.2, 0) is 0 Å². The minimum atomic E-state index is 0.00658. The van der Waals surface area contributed by atoms with Crippen LogP contribution in [0.5, 0.6) is 0 Å². The molecule has 2 aliphatic rings. The summed E-state index contributed by atoms with van der Waals surface area (Å²) in [6, 6.07) is 1.000. The van der Waals surface area contributed by atoms with Gasteiger partial charge in [0, 0.05) is 25.2 Å². The summed E-state index contributed by atoms with van der Waals surface area (Å²) < 4.78 is 0. The van der Waals surface area contributed by atoms with Gasteiger partial charge in [0.1, 0.15) is 0 Å². The summed E-state index contributed by atoms with van der Waals surface area (Å²) in [7, 11) is 2.02. The van der Waals surface area contributed by atoms with Crippen molar-refractivity contribution in [3.63, 3.8) is 0 Å². The summed E-state index contributed by atoms with van der Waals surface area (Å²) in [5.41, 5.74) is 0. The van der Waals surface area contributed by atoms with E-state index in [4.69, 9.17) is 0 Å². The van der Waals surface area contributed by atoms with E-state index in [-0.39, 0.29) is 6.03 Å². The van der Waals surface area contributed by atoms with Crippen molar-refractivity contribution >= 4 is 6.03 Å².